The van der Waals surface area contributed by atoms with Gasteiger partial charge in [-0.25, -0.2) is 0 Å². The van der Waals surface area contributed by atoms with Gasteiger partial charge in [0.1, 0.15) is 0 Å². The molecular formula is C23H33NO5. The van der Waals surface area contributed by atoms with Crippen molar-refractivity contribution < 1.29 is 24.5 Å². The van der Waals surface area contributed by atoms with Crippen molar-refractivity contribution in [2.45, 2.75) is 57.0 Å². The van der Waals surface area contributed by atoms with E-state index in [9.17, 15) is 9.90 Å². The summed E-state index contributed by atoms with van der Waals surface area (Å²) in [5.74, 6) is -0.540. The lowest BCUT2D eigenvalue weighted by Gasteiger charge is -2.37. The van der Waals surface area contributed by atoms with Gasteiger partial charge in [0, 0.05) is 37.9 Å². The monoisotopic (exact) mass is 403 g/mol. The molecule has 2 aliphatic rings. The van der Waals surface area contributed by atoms with Gasteiger partial charge in [-0.1, -0.05) is 42.5 Å². The van der Waals surface area contributed by atoms with Crippen LogP contribution in [0, 0.1) is 5.92 Å². The highest BCUT2D eigenvalue weighted by Gasteiger charge is 2.45. The maximum Gasteiger partial charge on any atom is 0.303 e. The largest absolute Gasteiger partial charge is 0.481 e. The number of hydrogen-bond donors (Lipinski definition) is 2. The molecule has 0 bridgehead atoms. The smallest absolute Gasteiger partial charge is 0.303 e. The predicted molar refractivity (Wildman–Crippen MR) is 111 cm³/mol. The van der Waals surface area contributed by atoms with Crippen LogP contribution in [0.4, 0.5) is 0 Å². The zero-order valence-corrected chi connectivity index (χ0v) is 17.0. The number of benzene rings is 1. The molecule has 1 saturated carbocycles. The van der Waals surface area contributed by atoms with Gasteiger partial charge < -0.3 is 19.7 Å². The predicted octanol–water partition coefficient (Wildman–Crippen LogP) is 2.85. The summed E-state index contributed by atoms with van der Waals surface area (Å²) in [6.07, 6.45) is 6.89. The van der Waals surface area contributed by atoms with Gasteiger partial charge in [-0.15, -0.1) is 0 Å². The maximum atomic E-state index is 10.8. The average molecular weight is 404 g/mol. The SMILES string of the molecule is O=C(O)CCCC=CC[C@@H]1[C@@H](N2CCOCC2)[C@H](O)C[C@@H]1OCc1ccccc1. The van der Waals surface area contributed by atoms with Crippen LogP contribution in [0.25, 0.3) is 0 Å². The molecule has 1 aromatic rings. The first kappa shape index (κ1) is 22.0. The second kappa shape index (κ2) is 11.5. The molecule has 1 saturated heterocycles. The second-order valence-electron chi connectivity index (χ2n) is 7.93. The van der Waals surface area contributed by atoms with Crippen molar-refractivity contribution in [2.75, 3.05) is 26.3 Å². The van der Waals surface area contributed by atoms with E-state index in [2.05, 4.69) is 29.2 Å². The van der Waals surface area contributed by atoms with Gasteiger partial charge in [-0.3, -0.25) is 9.69 Å². The molecule has 1 aliphatic heterocycles. The number of aliphatic hydroxyl groups excluding tert-OH is 1. The van der Waals surface area contributed by atoms with E-state index in [1.807, 2.05) is 18.2 Å². The molecule has 1 aromatic carbocycles. The van der Waals surface area contributed by atoms with Gasteiger partial charge >= 0.3 is 5.97 Å². The zero-order valence-electron chi connectivity index (χ0n) is 17.0. The van der Waals surface area contributed by atoms with Crippen molar-refractivity contribution >= 4 is 5.97 Å². The quantitative estimate of drug-likeness (QED) is 0.462. The van der Waals surface area contributed by atoms with Gasteiger partial charge in [-0.05, 0) is 24.8 Å². The summed E-state index contributed by atoms with van der Waals surface area (Å²) < 4.78 is 11.8. The van der Waals surface area contributed by atoms with Crippen molar-refractivity contribution in [2.24, 2.45) is 5.92 Å². The van der Waals surface area contributed by atoms with Crippen molar-refractivity contribution in [1.82, 2.24) is 4.90 Å². The third kappa shape index (κ3) is 6.64. The number of carbonyl (C=O) groups is 1. The summed E-state index contributed by atoms with van der Waals surface area (Å²) in [4.78, 5) is 13.0. The van der Waals surface area contributed by atoms with E-state index in [1.54, 1.807) is 0 Å². The number of aliphatic carboxylic acids is 1. The van der Waals surface area contributed by atoms with E-state index < -0.39 is 12.1 Å². The number of rotatable bonds is 10. The van der Waals surface area contributed by atoms with Crippen LogP contribution in [0.5, 0.6) is 0 Å². The van der Waals surface area contributed by atoms with Crippen molar-refractivity contribution in [3.63, 3.8) is 0 Å². The van der Waals surface area contributed by atoms with E-state index in [4.69, 9.17) is 14.6 Å². The Labute approximate surface area is 173 Å². The molecular weight excluding hydrogens is 370 g/mol. The first-order valence-corrected chi connectivity index (χ1v) is 10.7. The lowest BCUT2D eigenvalue weighted by atomic mass is 9.94. The van der Waals surface area contributed by atoms with Gasteiger partial charge in [0.05, 0.1) is 32.0 Å². The summed E-state index contributed by atoms with van der Waals surface area (Å²) in [6, 6.07) is 10.2. The number of nitrogens with zero attached hydrogens (tertiary/aromatic N) is 1. The summed E-state index contributed by atoms with van der Waals surface area (Å²) in [7, 11) is 0. The highest BCUT2D eigenvalue weighted by molar-refractivity contribution is 5.66. The standard InChI is InChI=1S/C23H33NO5/c25-20-16-21(29-17-18-8-4-3-5-9-18)19(10-6-1-2-7-11-22(26)27)23(20)24-12-14-28-15-13-24/h1,3-6,8-9,19-21,23,25H,2,7,10-17H2,(H,26,27)/t19-,20+,21-,23+/m0/s1. The van der Waals surface area contributed by atoms with Crippen LogP contribution in [0.2, 0.25) is 0 Å². The number of carboxylic acids is 1. The van der Waals surface area contributed by atoms with Crippen molar-refractivity contribution in [3.05, 3.63) is 48.0 Å². The number of hydrogen-bond acceptors (Lipinski definition) is 5. The number of unbranched alkanes of at least 4 members (excludes halogenated alkanes) is 1. The minimum atomic E-state index is -0.751. The van der Waals surface area contributed by atoms with Crippen LogP contribution < -0.4 is 0 Å². The first-order valence-electron chi connectivity index (χ1n) is 10.7. The number of carboxylic acid groups (broad SMARTS) is 1. The normalized spacial score (nSPS) is 28.2. The highest BCUT2D eigenvalue weighted by atomic mass is 16.5. The number of ether oxygens (including phenoxy) is 2. The lowest BCUT2D eigenvalue weighted by Crippen LogP contribution is -2.50. The molecule has 29 heavy (non-hydrogen) atoms. The molecule has 4 atom stereocenters. The first-order chi connectivity index (χ1) is 14.1. The third-order valence-corrected chi connectivity index (χ3v) is 5.89. The summed E-state index contributed by atoms with van der Waals surface area (Å²) in [5, 5.41) is 19.6. The van der Waals surface area contributed by atoms with Gasteiger partial charge in [-0.2, -0.15) is 0 Å². The lowest BCUT2D eigenvalue weighted by molar-refractivity contribution is -0.137. The molecule has 0 unspecified atom stereocenters. The highest BCUT2D eigenvalue weighted by Crippen LogP contribution is 2.36. The Balaban J connectivity index is 1.61. The Morgan fingerprint density at radius 2 is 1.97 bits per heavy atom. The molecule has 2 N–H and O–H groups in total. The van der Waals surface area contributed by atoms with E-state index in [0.29, 0.717) is 32.7 Å². The van der Waals surface area contributed by atoms with Gasteiger partial charge in [0.15, 0.2) is 0 Å². The summed E-state index contributed by atoms with van der Waals surface area (Å²) >= 11 is 0. The fraction of sp³-hybridized carbons (Fsp3) is 0.609. The van der Waals surface area contributed by atoms with E-state index in [0.717, 1.165) is 31.5 Å². The van der Waals surface area contributed by atoms with Crippen LogP contribution in [-0.2, 0) is 20.9 Å². The zero-order chi connectivity index (χ0) is 20.5. The fourth-order valence-electron chi connectivity index (χ4n) is 4.45. The molecule has 1 heterocycles. The number of morpholine rings is 1. The van der Waals surface area contributed by atoms with Crippen LogP contribution in [-0.4, -0.2) is 65.6 Å². The van der Waals surface area contributed by atoms with E-state index in [1.165, 1.54) is 0 Å². The molecule has 0 spiro atoms. The molecule has 2 fully saturated rings. The van der Waals surface area contributed by atoms with Crippen LogP contribution in [0.1, 0.15) is 37.7 Å². The topological polar surface area (TPSA) is 79.2 Å². The molecule has 160 valence electrons. The van der Waals surface area contributed by atoms with Crippen LogP contribution >= 0.6 is 0 Å². The Morgan fingerprint density at radius 1 is 1.21 bits per heavy atom. The molecule has 1 aliphatic carbocycles. The number of aliphatic hydroxyl groups is 1. The Bertz CT molecular complexity index is 644. The number of allylic oxidation sites excluding steroid dienone is 2. The van der Waals surface area contributed by atoms with Gasteiger partial charge in [0.2, 0.25) is 0 Å². The third-order valence-electron chi connectivity index (χ3n) is 5.89. The summed E-state index contributed by atoms with van der Waals surface area (Å²) in [6.45, 7) is 3.64. The maximum absolute atomic E-state index is 10.8. The molecule has 6 nitrogen and oxygen atoms in total. The molecule has 0 radical (unpaired) electrons. The van der Waals surface area contributed by atoms with E-state index >= 15 is 0 Å². The Kier molecular flexibility index (Phi) is 8.68. The average Bonchev–Trinajstić information content (AvgIpc) is 3.05. The minimum absolute atomic E-state index is 0.00159. The fourth-order valence-corrected chi connectivity index (χ4v) is 4.45. The summed E-state index contributed by atoms with van der Waals surface area (Å²) in [5.41, 5.74) is 1.14. The molecule has 3 rings (SSSR count). The second-order valence-corrected chi connectivity index (χ2v) is 7.93. The van der Waals surface area contributed by atoms with Crippen molar-refractivity contribution in [1.29, 1.82) is 0 Å². The minimum Gasteiger partial charge on any atom is -0.481 e. The molecule has 6 heteroatoms. The van der Waals surface area contributed by atoms with Crippen LogP contribution in [0.3, 0.4) is 0 Å². The Hall–Kier alpha value is -1.73. The van der Waals surface area contributed by atoms with Gasteiger partial charge in [0.25, 0.3) is 0 Å². The van der Waals surface area contributed by atoms with E-state index in [-0.39, 0.29) is 24.5 Å². The molecule has 0 aromatic heterocycles. The molecule has 0 amide bonds. The Morgan fingerprint density at radius 3 is 2.69 bits per heavy atom. The van der Waals surface area contributed by atoms with Crippen LogP contribution in [0.15, 0.2) is 42.5 Å². The van der Waals surface area contributed by atoms with Crippen molar-refractivity contribution in [3.8, 4) is 0 Å².